The fraction of sp³-hybridized carbons (Fsp3) is 0.294. The fourth-order valence-electron chi connectivity index (χ4n) is 1.84. The molecule has 0 aliphatic heterocycles. The summed E-state index contributed by atoms with van der Waals surface area (Å²) in [7, 11) is 0. The molecule has 0 saturated heterocycles. The molecule has 0 atom stereocenters. The molecular weight excluding hydrogens is 264 g/mol. The second kappa shape index (κ2) is 6.39. The molecule has 1 N–H and O–H groups in total. The van der Waals surface area contributed by atoms with E-state index in [4.69, 9.17) is 4.74 Å². The predicted octanol–water partition coefficient (Wildman–Crippen LogP) is 4.13. The Morgan fingerprint density at radius 3 is 2.48 bits per heavy atom. The van der Waals surface area contributed by atoms with Crippen molar-refractivity contribution < 1.29 is 9.53 Å². The number of carbonyl (C=O) groups is 1. The number of anilines is 1. The minimum absolute atomic E-state index is 0.122. The molecule has 0 aliphatic carbocycles. The zero-order valence-electron chi connectivity index (χ0n) is 12.6. The monoisotopic (exact) mass is 284 g/mol. The number of hydrogen-bond acceptors (Lipinski definition) is 3. The van der Waals surface area contributed by atoms with Gasteiger partial charge in [0.15, 0.2) is 0 Å². The van der Waals surface area contributed by atoms with Crippen molar-refractivity contribution in [3.8, 4) is 0 Å². The van der Waals surface area contributed by atoms with Gasteiger partial charge in [-0.25, -0.2) is 4.79 Å². The third-order valence-electron chi connectivity index (χ3n) is 3.10. The fourth-order valence-corrected chi connectivity index (χ4v) is 1.84. The second-order valence-corrected chi connectivity index (χ2v) is 5.89. The van der Waals surface area contributed by atoms with Gasteiger partial charge in [0.1, 0.15) is 6.61 Å². The quantitative estimate of drug-likeness (QED) is 0.922. The highest BCUT2D eigenvalue weighted by Gasteiger charge is 2.13. The van der Waals surface area contributed by atoms with Crippen LogP contribution in [-0.4, -0.2) is 11.1 Å². The van der Waals surface area contributed by atoms with E-state index in [9.17, 15) is 4.79 Å². The number of carbonyl (C=O) groups excluding carboxylic acids is 1. The Morgan fingerprint density at radius 1 is 1.19 bits per heavy atom. The molecule has 0 radical (unpaired) electrons. The molecule has 2 aromatic rings. The maximum atomic E-state index is 11.7. The standard InChI is InChI=1S/C17H20N2O2/c1-17(2,3)14-8-6-13(7-9-14)12-21-16(20)19-15-5-4-10-18-11-15/h4-11H,12H2,1-3H3,(H,19,20). The van der Waals surface area contributed by atoms with Crippen LogP contribution in [0.25, 0.3) is 0 Å². The first-order chi connectivity index (χ1) is 9.95. The van der Waals surface area contributed by atoms with Gasteiger partial charge >= 0.3 is 6.09 Å². The van der Waals surface area contributed by atoms with Crippen LogP contribution in [0.15, 0.2) is 48.8 Å². The van der Waals surface area contributed by atoms with Gasteiger partial charge in [0.05, 0.1) is 11.9 Å². The van der Waals surface area contributed by atoms with Crippen molar-refractivity contribution >= 4 is 11.8 Å². The molecule has 110 valence electrons. The number of nitrogens with one attached hydrogen (secondary N) is 1. The molecule has 21 heavy (non-hydrogen) atoms. The van der Waals surface area contributed by atoms with Gasteiger partial charge in [0, 0.05) is 6.20 Å². The number of hydrogen-bond donors (Lipinski definition) is 1. The molecule has 0 saturated carbocycles. The van der Waals surface area contributed by atoms with Gasteiger partial charge in [0.25, 0.3) is 0 Å². The van der Waals surface area contributed by atoms with Gasteiger partial charge in [0.2, 0.25) is 0 Å². The summed E-state index contributed by atoms with van der Waals surface area (Å²) in [6.45, 7) is 6.75. The first-order valence-electron chi connectivity index (χ1n) is 6.88. The van der Waals surface area contributed by atoms with Crippen molar-refractivity contribution in [2.75, 3.05) is 5.32 Å². The van der Waals surface area contributed by atoms with E-state index in [1.54, 1.807) is 24.5 Å². The number of ether oxygens (including phenoxy) is 1. The third-order valence-corrected chi connectivity index (χ3v) is 3.10. The Balaban J connectivity index is 1.87. The Labute approximate surface area is 125 Å². The lowest BCUT2D eigenvalue weighted by Crippen LogP contribution is -2.14. The normalized spacial score (nSPS) is 11.0. The summed E-state index contributed by atoms with van der Waals surface area (Å²) in [6.07, 6.45) is 2.73. The van der Waals surface area contributed by atoms with E-state index in [1.807, 2.05) is 12.1 Å². The van der Waals surface area contributed by atoms with Crippen molar-refractivity contribution in [1.29, 1.82) is 0 Å². The minimum atomic E-state index is -0.483. The van der Waals surface area contributed by atoms with Crippen LogP contribution in [-0.2, 0) is 16.8 Å². The number of rotatable bonds is 3. The molecule has 0 spiro atoms. The van der Waals surface area contributed by atoms with E-state index in [1.165, 1.54) is 5.56 Å². The first-order valence-corrected chi connectivity index (χ1v) is 6.88. The number of pyridine rings is 1. The molecular formula is C17H20N2O2. The molecule has 1 amide bonds. The summed E-state index contributed by atoms with van der Waals surface area (Å²) in [5.41, 5.74) is 2.96. The average Bonchev–Trinajstić information content (AvgIpc) is 2.46. The summed E-state index contributed by atoms with van der Waals surface area (Å²) in [5.74, 6) is 0. The second-order valence-electron chi connectivity index (χ2n) is 5.89. The van der Waals surface area contributed by atoms with E-state index in [0.29, 0.717) is 5.69 Å². The van der Waals surface area contributed by atoms with E-state index in [0.717, 1.165) is 5.56 Å². The summed E-state index contributed by atoms with van der Waals surface area (Å²) >= 11 is 0. The van der Waals surface area contributed by atoms with E-state index < -0.39 is 6.09 Å². The number of aromatic nitrogens is 1. The smallest absolute Gasteiger partial charge is 0.412 e. The van der Waals surface area contributed by atoms with Gasteiger partial charge in [-0.2, -0.15) is 0 Å². The maximum Gasteiger partial charge on any atom is 0.412 e. The third kappa shape index (κ3) is 4.60. The summed E-state index contributed by atoms with van der Waals surface area (Å²) in [5, 5.41) is 2.62. The van der Waals surface area contributed by atoms with Crippen LogP contribution >= 0.6 is 0 Å². The van der Waals surface area contributed by atoms with Crippen molar-refractivity contribution in [3.63, 3.8) is 0 Å². The van der Waals surface area contributed by atoms with Crippen LogP contribution in [0.3, 0.4) is 0 Å². The lowest BCUT2D eigenvalue weighted by molar-refractivity contribution is 0.155. The molecule has 0 bridgehead atoms. The highest BCUT2D eigenvalue weighted by Crippen LogP contribution is 2.22. The van der Waals surface area contributed by atoms with Gasteiger partial charge < -0.3 is 4.74 Å². The summed E-state index contributed by atoms with van der Waals surface area (Å²) in [6, 6.07) is 11.6. The van der Waals surface area contributed by atoms with Crippen LogP contribution < -0.4 is 5.32 Å². The zero-order chi connectivity index (χ0) is 15.3. The van der Waals surface area contributed by atoms with Crippen LogP contribution in [0.5, 0.6) is 0 Å². The van der Waals surface area contributed by atoms with Crippen LogP contribution in [0, 0.1) is 0 Å². The average molecular weight is 284 g/mol. The molecule has 4 nitrogen and oxygen atoms in total. The molecule has 1 heterocycles. The van der Waals surface area contributed by atoms with E-state index in [-0.39, 0.29) is 12.0 Å². The van der Waals surface area contributed by atoms with Crippen LogP contribution in [0.1, 0.15) is 31.9 Å². The van der Waals surface area contributed by atoms with Crippen molar-refractivity contribution in [2.24, 2.45) is 0 Å². The highest BCUT2D eigenvalue weighted by atomic mass is 16.5. The van der Waals surface area contributed by atoms with Gasteiger partial charge in [-0.1, -0.05) is 45.0 Å². The Morgan fingerprint density at radius 2 is 1.90 bits per heavy atom. The number of benzene rings is 1. The van der Waals surface area contributed by atoms with Crippen molar-refractivity contribution in [3.05, 3.63) is 59.9 Å². The number of amides is 1. The Bertz CT molecular complexity index is 586. The largest absolute Gasteiger partial charge is 0.444 e. The van der Waals surface area contributed by atoms with E-state index >= 15 is 0 Å². The predicted molar refractivity (Wildman–Crippen MR) is 83.2 cm³/mol. The van der Waals surface area contributed by atoms with Crippen LogP contribution in [0.2, 0.25) is 0 Å². The summed E-state index contributed by atoms with van der Waals surface area (Å²) < 4.78 is 5.18. The van der Waals surface area contributed by atoms with Crippen molar-refractivity contribution in [2.45, 2.75) is 32.8 Å². The Kier molecular flexibility index (Phi) is 4.58. The SMILES string of the molecule is CC(C)(C)c1ccc(COC(=O)Nc2cccnc2)cc1. The van der Waals surface area contributed by atoms with Crippen molar-refractivity contribution in [1.82, 2.24) is 4.98 Å². The molecule has 2 rings (SSSR count). The Hall–Kier alpha value is -2.36. The molecule has 0 unspecified atom stereocenters. The lowest BCUT2D eigenvalue weighted by Gasteiger charge is -2.19. The molecule has 0 aliphatic rings. The zero-order valence-corrected chi connectivity index (χ0v) is 12.6. The summed E-state index contributed by atoms with van der Waals surface area (Å²) in [4.78, 5) is 15.6. The molecule has 1 aromatic heterocycles. The van der Waals surface area contributed by atoms with Gasteiger partial charge in [-0.3, -0.25) is 10.3 Å². The highest BCUT2D eigenvalue weighted by molar-refractivity contribution is 5.84. The van der Waals surface area contributed by atoms with E-state index in [2.05, 4.69) is 43.2 Å². The van der Waals surface area contributed by atoms with Gasteiger partial charge in [-0.15, -0.1) is 0 Å². The lowest BCUT2D eigenvalue weighted by atomic mass is 9.87. The number of nitrogens with zero attached hydrogens (tertiary/aromatic N) is 1. The topological polar surface area (TPSA) is 51.2 Å². The molecule has 1 aromatic carbocycles. The minimum Gasteiger partial charge on any atom is -0.444 e. The van der Waals surface area contributed by atoms with Gasteiger partial charge in [-0.05, 0) is 28.7 Å². The molecule has 4 heteroatoms. The molecule has 0 fully saturated rings. The first kappa shape index (κ1) is 15.0. The maximum absolute atomic E-state index is 11.7. The van der Waals surface area contributed by atoms with Crippen LogP contribution in [0.4, 0.5) is 10.5 Å².